The predicted octanol–water partition coefficient (Wildman–Crippen LogP) is 2.87. The lowest BCUT2D eigenvalue weighted by Gasteiger charge is -2.21. The van der Waals surface area contributed by atoms with E-state index in [1.807, 2.05) is 6.20 Å². The third kappa shape index (κ3) is 3.55. The highest BCUT2D eigenvalue weighted by atomic mass is 15.2. The number of anilines is 3. The van der Waals surface area contributed by atoms with E-state index in [0.29, 0.717) is 11.9 Å². The number of para-hydroxylation sites is 1. The molecule has 1 saturated heterocycles. The first-order chi connectivity index (χ1) is 11.2. The molecular formula is C18H25N5. The lowest BCUT2D eigenvalue weighted by Crippen LogP contribution is -2.23. The second kappa shape index (κ2) is 6.86. The number of hydrogen-bond donors (Lipinski definition) is 2. The summed E-state index contributed by atoms with van der Waals surface area (Å²) in [4.78, 5) is 10.9. The third-order valence-electron chi connectivity index (χ3n) is 4.56. The zero-order valence-corrected chi connectivity index (χ0v) is 13.9. The Balaban J connectivity index is 1.61. The maximum Gasteiger partial charge on any atom is 0.221 e. The van der Waals surface area contributed by atoms with Gasteiger partial charge in [0, 0.05) is 37.1 Å². The smallest absolute Gasteiger partial charge is 0.221 e. The van der Waals surface area contributed by atoms with Gasteiger partial charge < -0.3 is 16.0 Å². The first kappa shape index (κ1) is 15.6. The van der Waals surface area contributed by atoms with Gasteiger partial charge in [-0.1, -0.05) is 25.1 Å². The van der Waals surface area contributed by atoms with Crippen molar-refractivity contribution in [3.8, 4) is 0 Å². The summed E-state index contributed by atoms with van der Waals surface area (Å²) in [5.74, 6) is 1.84. The highest BCUT2D eigenvalue weighted by Crippen LogP contribution is 2.27. The van der Waals surface area contributed by atoms with E-state index in [1.165, 1.54) is 17.7 Å². The van der Waals surface area contributed by atoms with Crippen LogP contribution in [0, 0.1) is 12.8 Å². The summed E-state index contributed by atoms with van der Waals surface area (Å²) in [6.45, 7) is 7.41. The molecule has 5 heteroatoms. The number of nitrogens with zero attached hydrogens (tertiary/aromatic N) is 3. The van der Waals surface area contributed by atoms with Crippen LogP contribution < -0.4 is 16.0 Å². The molecule has 0 amide bonds. The molecule has 3 rings (SSSR count). The summed E-state index contributed by atoms with van der Waals surface area (Å²) < 4.78 is 0. The average molecular weight is 311 g/mol. The minimum absolute atomic E-state index is 0.331. The Morgan fingerprint density at radius 1 is 1.35 bits per heavy atom. The normalized spacial score (nSPS) is 17.5. The average Bonchev–Trinajstić information content (AvgIpc) is 3.02. The zero-order chi connectivity index (χ0) is 16.2. The number of nitrogen functional groups attached to an aromatic ring is 1. The molecule has 23 heavy (non-hydrogen) atoms. The molecule has 1 aromatic carbocycles. The molecule has 1 aliphatic rings. The molecule has 5 nitrogen and oxygen atoms in total. The van der Waals surface area contributed by atoms with Crippen LogP contribution in [0.1, 0.15) is 24.5 Å². The standard InChI is InChI=1S/C18H25N5/c1-3-15-11-21-18(19)22-17(15)20-10-14-8-9-23(12-14)16-7-5-4-6-13(16)2/h4-7,11,14H,3,8-10,12H2,1-2H3,(H3,19,20,21,22)/t14-/m1/s1. The van der Waals surface area contributed by atoms with Gasteiger partial charge in [0.25, 0.3) is 0 Å². The lowest BCUT2D eigenvalue weighted by molar-refractivity contribution is 0.620. The van der Waals surface area contributed by atoms with Crippen molar-refractivity contribution in [3.63, 3.8) is 0 Å². The van der Waals surface area contributed by atoms with Crippen molar-refractivity contribution in [1.82, 2.24) is 9.97 Å². The van der Waals surface area contributed by atoms with E-state index in [4.69, 9.17) is 5.73 Å². The minimum Gasteiger partial charge on any atom is -0.371 e. The van der Waals surface area contributed by atoms with Crippen LogP contribution in [0.15, 0.2) is 30.5 Å². The van der Waals surface area contributed by atoms with Crippen LogP contribution >= 0.6 is 0 Å². The Bertz CT molecular complexity index is 670. The molecule has 0 spiro atoms. The molecule has 1 aliphatic heterocycles. The molecule has 2 aromatic rings. The van der Waals surface area contributed by atoms with Gasteiger partial charge in [0.15, 0.2) is 0 Å². The maximum absolute atomic E-state index is 5.71. The highest BCUT2D eigenvalue weighted by Gasteiger charge is 2.23. The fraction of sp³-hybridized carbons (Fsp3) is 0.444. The van der Waals surface area contributed by atoms with Gasteiger partial charge in [0.05, 0.1) is 0 Å². The molecule has 3 N–H and O–H groups in total. The SMILES string of the molecule is CCc1cnc(N)nc1NC[C@H]1CCN(c2ccccc2C)C1. The van der Waals surface area contributed by atoms with Crippen molar-refractivity contribution in [3.05, 3.63) is 41.6 Å². The molecule has 1 fully saturated rings. The molecular weight excluding hydrogens is 286 g/mol. The molecule has 0 unspecified atom stereocenters. The van der Waals surface area contributed by atoms with Crippen LogP contribution in [-0.2, 0) is 6.42 Å². The second-order valence-electron chi connectivity index (χ2n) is 6.22. The maximum atomic E-state index is 5.71. The van der Waals surface area contributed by atoms with Gasteiger partial charge in [-0.2, -0.15) is 4.98 Å². The monoisotopic (exact) mass is 311 g/mol. The van der Waals surface area contributed by atoms with Crippen molar-refractivity contribution in [1.29, 1.82) is 0 Å². The fourth-order valence-electron chi connectivity index (χ4n) is 3.21. The van der Waals surface area contributed by atoms with Gasteiger partial charge >= 0.3 is 0 Å². The minimum atomic E-state index is 0.331. The van der Waals surface area contributed by atoms with Crippen molar-refractivity contribution in [2.45, 2.75) is 26.7 Å². The van der Waals surface area contributed by atoms with Crippen LogP contribution in [-0.4, -0.2) is 29.6 Å². The number of aryl methyl sites for hydroxylation is 2. The van der Waals surface area contributed by atoms with Crippen molar-refractivity contribution in [2.75, 3.05) is 35.6 Å². The van der Waals surface area contributed by atoms with Crippen LogP contribution in [0.4, 0.5) is 17.5 Å². The fourth-order valence-corrected chi connectivity index (χ4v) is 3.21. The van der Waals surface area contributed by atoms with Crippen LogP contribution in [0.5, 0.6) is 0 Å². The first-order valence-electron chi connectivity index (χ1n) is 8.33. The van der Waals surface area contributed by atoms with E-state index in [2.05, 4.69) is 58.3 Å². The first-order valence-corrected chi connectivity index (χ1v) is 8.33. The molecule has 1 atom stereocenters. The molecule has 1 aromatic heterocycles. The number of aromatic nitrogens is 2. The van der Waals surface area contributed by atoms with Crippen molar-refractivity contribution < 1.29 is 0 Å². The van der Waals surface area contributed by atoms with E-state index < -0.39 is 0 Å². The summed E-state index contributed by atoms with van der Waals surface area (Å²) in [5.41, 5.74) is 9.53. The van der Waals surface area contributed by atoms with Crippen LogP contribution in [0.2, 0.25) is 0 Å². The van der Waals surface area contributed by atoms with Gasteiger partial charge in [-0.3, -0.25) is 0 Å². The summed E-state index contributed by atoms with van der Waals surface area (Å²) in [6.07, 6.45) is 3.92. The van der Waals surface area contributed by atoms with Gasteiger partial charge in [-0.05, 0) is 37.3 Å². The summed E-state index contributed by atoms with van der Waals surface area (Å²) in [6, 6.07) is 8.61. The number of benzene rings is 1. The zero-order valence-electron chi connectivity index (χ0n) is 13.9. The molecule has 0 aliphatic carbocycles. The molecule has 0 saturated carbocycles. The van der Waals surface area contributed by atoms with E-state index in [9.17, 15) is 0 Å². The van der Waals surface area contributed by atoms with Gasteiger partial charge in [-0.25, -0.2) is 4.98 Å². The Labute approximate surface area is 137 Å². The Morgan fingerprint density at radius 2 is 2.17 bits per heavy atom. The van der Waals surface area contributed by atoms with E-state index in [0.717, 1.165) is 37.4 Å². The summed E-state index contributed by atoms with van der Waals surface area (Å²) >= 11 is 0. The van der Waals surface area contributed by atoms with Gasteiger partial charge in [-0.15, -0.1) is 0 Å². The van der Waals surface area contributed by atoms with E-state index in [1.54, 1.807) is 0 Å². The molecule has 2 heterocycles. The number of rotatable bonds is 5. The predicted molar refractivity (Wildman–Crippen MR) is 95.8 cm³/mol. The van der Waals surface area contributed by atoms with Crippen molar-refractivity contribution >= 4 is 17.5 Å². The van der Waals surface area contributed by atoms with Crippen LogP contribution in [0.25, 0.3) is 0 Å². The van der Waals surface area contributed by atoms with Gasteiger partial charge in [0.2, 0.25) is 5.95 Å². The Hall–Kier alpha value is -2.30. The Kier molecular flexibility index (Phi) is 4.65. The Morgan fingerprint density at radius 3 is 2.96 bits per heavy atom. The van der Waals surface area contributed by atoms with Crippen molar-refractivity contribution in [2.24, 2.45) is 5.92 Å². The number of nitrogens with one attached hydrogen (secondary N) is 1. The topological polar surface area (TPSA) is 67.1 Å². The van der Waals surface area contributed by atoms with E-state index in [-0.39, 0.29) is 0 Å². The second-order valence-corrected chi connectivity index (χ2v) is 6.22. The van der Waals surface area contributed by atoms with E-state index >= 15 is 0 Å². The quantitative estimate of drug-likeness (QED) is 0.889. The molecule has 122 valence electrons. The number of hydrogen-bond acceptors (Lipinski definition) is 5. The largest absolute Gasteiger partial charge is 0.371 e. The molecule has 0 bridgehead atoms. The van der Waals surface area contributed by atoms with Gasteiger partial charge in [0.1, 0.15) is 5.82 Å². The van der Waals surface area contributed by atoms with Crippen LogP contribution in [0.3, 0.4) is 0 Å². The third-order valence-corrected chi connectivity index (χ3v) is 4.56. The molecule has 0 radical (unpaired) electrons. The summed E-state index contributed by atoms with van der Waals surface area (Å²) in [7, 11) is 0. The number of nitrogens with two attached hydrogens (primary N) is 1. The lowest BCUT2D eigenvalue weighted by atomic mass is 10.1. The summed E-state index contributed by atoms with van der Waals surface area (Å²) in [5, 5.41) is 3.48. The highest BCUT2D eigenvalue weighted by molar-refractivity contribution is 5.54.